The molecule has 0 fully saturated rings. The van der Waals surface area contributed by atoms with Crippen molar-refractivity contribution in [3.63, 3.8) is 0 Å². The fourth-order valence-electron chi connectivity index (χ4n) is 2.59. The number of pyridine rings is 1. The molecule has 3 rings (SSSR count). The van der Waals surface area contributed by atoms with Gasteiger partial charge in [0.15, 0.2) is 5.65 Å². The standard InChI is InChI=1S/C17H17F3N4O2/c1-2-24-16(25)23-11-12(7-8-15(23)22-24)9-21-10-13-5-3-4-6-14(13)26-17(18,19)20/h3-8,11,21H,2,9-10H2,1H3. The van der Waals surface area contributed by atoms with Crippen molar-refractivity contribution in [2.24, 2.45) is 0 Å². The number of halogens is 3. The maximum Gasteiger partial charge on any atom is 0.573 e. The zero-order valence-corrected chi connectivity index (χ0v) is 14.0. The average Bonchev–Trinajstić information content (AvgIpc) is 2.91. The Morgan fingerprint density at radius 1 is 1.15 bits per heavy atom. The predicted octanol–water partition coefficient (Wildman–Crippen LogP) is 2.70. The predicted molar refractivity (Wildman–Crippen MR) is 88.8 cm³/mol. The van der Waals surface area contributed by atoms with Gasteiger partial charge in [0.1, 0.15) is 5.75 Å². The van der Waals surface area contributed by atoms with Gasteiger partial charge in [0.2, 0.25) is 0 Å². The van der Waals surface area contributed by atoms with Gasteiger partial charge in [-0.1, -0.05) is 24.3 Å². The topological polar surface area (TPSA) is 60.6 Å². The zero-order chi connectivity index (χ0) is 18.7. The lowest BCUT2D eigenvalue weighted by molar-refractivity contribution is -0.274. The summed E-state index contributed by atoms with van der Waals surface area (Å²) in [7, 11) is 0. The molecule has 6 nitrogen and oxygen atoms in total. The lowest BCUT2D eigenvalue weighted by Crippen LogP contribution is -2.21. The van der Waals surface area contributed by atoms with E-state index in [1.54, 1.807) is 24.4 Å². The second-order valence-corrected chi connectivity index (χ2v) is 5.62. The van der Waals surface area contributed by atoms with Crippen LogP contribution in [-0.4, -0.2) is 20.5 Å². The van der Waals surface area contributed by atoms with Crippen LogP contribution in [0.1, 0.15) is 18.1 Å². The minimum Gasteiger partial charge on any atom is -0.405 e. The van der Waals surface area contributed by atoms with Gasteiger partial charge in [-0.15, -0.1) is 18.3 Å². The average molecular weight is 366 g/mol. The van der Waals surface area contributed by atoms with E-state index in [2.05, 4.69) is 15.2 Å². The third-order valence-electron chi connectivity index (χ3n) is 3.78. The quantitative estimate of drug-likeness (QED) is 0.729. The van der Waals surface area contributed by atoms with Gasteiger partial charge in [-0.05, 0) is 24.6 Å². The number of ether oxygens (including phenoxy) is 1. The molecule has 0 saturated carbocycles. The van der Waals surface area contributed by atoms with Gasteiger partial charge in [-0.3, -0.25) is 0 Å². The van der Waals surface area contributed by atoms with Crippen LogP contribution in [0.25, 0.3) is 5.65 Å². The van der Waals surface area contributed by atoms with Crippen molar-refractivity contribution in [2.45, 2.75) is 32.9 Å². The molecule has 26 heavy (non-hydrogen) atoms. The second kappa shape index (κ2) is 7.20. The van der Waals surface area contributed by atoms with Crippen LogP contribution < -0.4 is 15.7 Å². The Balaban J connectivity index is 1.70. The molecule has 0 aliphatic carbocycles. The van der Waals surface area contributed by atoms with Gasteiger partial charge < -0.3 is 10.1 Å². The van der Waals surface area contributed by atoms with Crippen molar-refractivity contribution in [1.82, 2.24) is 19.5 Å². The van der Waals surface area contributed by atoms with Crippen LogP contribution >= 0.6 is 0 Å². The number of nitrogens with zero attached hydrogens (tertiary/aromatic N) is 3. The van der Waals surface area contributed by atoms with Gasteiger partial charge in [-0.25, -0.2) is 13.9 Å². The number of hydrogen-bond acceptors (Lipinski definition) is 4. The molecule has 3 aromatic rings. The third-order valence-corrected chi connectivity index (χ3v) is 3.78. The van der Waals surface area contributed by atoms with Crippen molar-refractivity contribution in [3.8, 4) is 5.75 Å². The molecule has 0 bridgehead atoms. The van der Waals surface area contributed by atoms with Crippen molar-refractivity contribution in [2.75, 3.05) is 0 Å². The van der Waals surface area contributed by atoms with Crippen LogP contribution in [0, 0.1) is 0 Å². The minimum absolute atomic E-state index is 0.188. The fraction of sp³-hybridized carbons (Fsp3) is 0.294. The van der Waals surface area contributed by atoms with E-state index >= 15 is 0 Å². The SMILES string of the molecule is CCn1nc2ccc(CNCc3ccccc3OC(F)(F)F)cn2c1=O. The number of rotatable bonds is 6. The van der Waals surface area contributed by atoms with E-state index in [0.717, 1.165) is 5.56 Å². The van der Waals surface area contributed by atoms with Gasteiger partial charge in [0, 0.05) is 31.4 Å². The van der Waals surface area contributed by atoms with E-state index in [9.17, 15) is 18.0 Å². The maximum absolute atomic E-state index is 12.4. The number of nitrogens with one attached hydrogen (secondary N) is 1. The lowest BCUT2D eigenvalue weighted by Gasteiger charge is -2.13. The van der Waals surface area contributed by atoms with E-state index in [1.165, 1.54) is 21.2 Å². The number of para-hydroxylation sites is 1. The van der Waals surface area contributed by atoms with Crippen LogP contribution in [0.4, 0.5) is 13.2 Å². The Morgan fingerprint density at radius 2 is 1.92 bits per heavy atom. The minimum atomic E-state index is -4.73. The zero-order valence-electron chi connectivity index (χ0n) is 14.0. The maximum atomic E-state index is 12.4. The summed E-state index contributed by atoms with van der Waals surface area (Å²) in [5.41, 5.74) is 1.52. The summed E-state index contributed by atoms with van der Waals surface area (Å²) in [4.78, 5) is 12.1. The molecule has 1 aromatic carbocycles. The number of fused-ring (bicyclic) bond motifs is 1. The second-order valence-electron chi connectivity index (χ2n) is 5.62. The Kier molecular flexibility index (Phi) is 4.99. The Labute approximate surface area is 146 Å². The highest BCUT2D eigenvalue weighted by atomic mass is 19.4. The van der Waals surface area contributed by atoms with E-state index in [0.29, 0.717) is 24.3 Å². The highest BCUT2D eigenvalue weighted by molar-refractivity contribution is 5.38. The third kappa shape index (κ3) is 4.05. The molecule has 0 aliphatic heterocycles. The molecule has 0 radical (unpaired) electrons. The van der Waals surface area contributed by atoms with Crippen molar-refractivity contribution >= 4 is 5.65 Å². The molecule has 1 N–H and O–H groups in total. The van der Waals surface area contributed by atoms with E-state index in [-0.39, 0.29) is 18.0 Å². The molecular formula is C17H17F3N4O2. The molecule has 0 aliphatic rings. The number of benzene rings is 1. The lowest BCUT2D eigenvalue weighted by atomic mass is 10.2. The number of aromatic nitrogens is 3. The van der Waals surface area contributed by atoms with E-state index in [4.69, 9.17) is 0 Å². The summed E-state index contributed by atoms with van der Waals surface area (Å²) in [5, 5.41) is 7.23. The fourth-order valence-corrected chi connectivity index (χ4v) is 2.59. The van der Waals surface area contributed by atoms with Crippen LogP contribution in [0.5, 0.6) is 5.75 Å². The molecule has 0 saturated heterocycles. The molecule has 0 amide bonds. The number of aryl methyl sites for hydroxylation is 1. The summed E-state index contributed by atoms with van der Waals surface area (Å²) in [6.07, 6.45) is -3.07. The van der Waals surface area contributed by atoms with Crippen LogP contribution in [0.2, 0.25) is 0 Å². The molecule has 138 valence electrons. The highest BCUT2D eigenvalue weighted by Gasteiger charge is 2.31. The molecule has 0 unspecified atom stereocenters. The molecule has 0 spiro atoms. The van der Waals surface area contributed by atoms with Crippen molar-refractivity contribution < 1.29 is 17.9 Å². The Morgan fingerprint density at radius 3 is 2.65 bits per heavy atom. The molecule has 0 atom stereocenters. The van der Waals surface area contributed by atoms with Crippen LogP contribution in [0.15, 0.2) is 47.4 Å². The summed E-state index contributed by atoms with van der Waals surface area (Å²) in [6, 6.07) is 9.50. The normalized spacial score (nSPS) is 11.8. The monoisotopic (exact) mass is 366 g/mol. The molecular weight excluding hydrogens is 349 g/mol. The highest BCUT2D eigenvalue weighted by Crippen LogP contribution is 2.26. The molecule has 2 aromatic heterocycles. The van der Waals surface area contributed by atoms with Crippen LogP contribution in [-0.2, 0) is 19.6 Å². The summed E-state index contributed by atoms with van der Waals surface area (Å²) in [5.74, 6) is -0.233. The summed E-state index contributed by atoms with van der Waals surface area (Å²) < 4.78 is 44.2. The van der Waals surface area contributed by atoms with Crippen molar-refractivity contribution in [1.29, 1.82) is 0 Å². The van der Waals surface area contributed by atoms with Gasteiger partial charge in [0.25, 0.3) is 0 Å². The number of alkyl halides is 3. The van der Waals surface area contributed by atoms with E-state index < -0.39 is 6.36 Å². The summed E-state index contributed by atoms with van der Waals surface area (Å²) >= 11 is 0. The Hall–Kier alpha value is -2.81. The van der Waals surface area contributed by atoms with Crippen molar-refractivity contribution in [3.05, 3.63) is 64.2 Å². The largest absolute Gasteiger partial charge is 0.573 e. The molecule has 9 heteroatoms. The molecule has 2 heterocycles. The van der Waals surface area contributed by atoms with E-state index in [1.807, 2.05) is 13.0 Å². The summed E-state index contributed by atoms with van der Waals surface area (Å²) in [6.45, 7) is 2.87. The Bertz CT molecular complexity index is 963. The van der Waals surface area contributed by atoms with Gasteiger partial charge >= 0.3 is 12.1 Å². The smallest absolute Gasteiger partial charge is 0.405 e. The van der Waals surface area contributed by atoms with Gasteiger partial charge in [0.05, 0.1) is 0 Å². The first kappa shape index (κ1) is 18.0. The first-order chi connectivity index (χ1) is 12.4. The first-order valence-corrected chi connectivity index (χ1v) is 8.00. The first-order valence-electron chi connectivity index (χ1n) is 8.00. The van der Waals surface area contributed by atoms with Crippen LogP contribution in [0.3, 0.4) is 0 Å². The number of hydrogen-bond donors (Lipinski definition) is 1. The van der Waals surface area contributed by atoms with Gasteiger partial charge in [-0.2, -0.15) is 0 Å².